The number of halogens is 1. The van der Waals surface area contributed by atoms with Crippen LogP contribution in [0.25, 0.3) is 0 Å². The molecule has 5 nitrogen and oxygen atoms in total. The van der Waals surface area contributed by atoms with E-state index < -0.39 is 0 Å². The average Bonchev–Trinajstić information content (AvgIpc) is 3.22. The van der Waals surface area contributed by atoms with Crippen molar-refractivity contribution >= 4 is 41.3 Å². The Bertz CT molecular complexity index is 756. The number of nitrogens with one attached hydrogen (secondary N) is 2. The number of rotatable bonds is 8. The van der Waals surface area contributed by atoms with Gasteiger partial charge in [-0.25, -0.2) is 4.98 Å². The summed E-state index contributed by atoms with van der Waals surface area (Å²) in [4.78, 5) is 13.2. The molecule has 2 N–H and O–H groups in total. The molecule has 1 atom stereocenters. The maximum Gasteiger partial charge on any atom is 0.191 e. The smallest absolute Gasteiger partial charge is 0.191 e. The van der Waals surface area contributed by atoms with Crippen molar-refractivity contribution in [2.45, 2.75) is 58.5 Å². The van der Waals surface area contributed by atoms with Gasteiger partial charge in [-0.2, -0.15) is 0 Å². The van der Waals surface area contributed by atoms with Gasteiger partial charge < -0.3 is 10.6 Å². The van der Waals surface area contributed by atoms with Crippen LogP contribution in [0.3, 0.4) is 0 Å². The van der Waals surface area contributed by atoms with Crippen molar-refractivity contribution in [2.24, 2.45) is 4.99 Å². The second-order valence-electron chi connectivity index (χ2n) is 7.63. The van der Waals surface area contributed by atoms with E-state index >= 15 is 0 Å². The molecule has 1 unspecified atom stereocenters. The van der Waals surface area contributed by atoms with E-state index in [0.717, 1.165) is 57.8 Å². The van der Waals surface area contributed by atoms with Gasteiger partial charge in [0.2, 0.25) is 0 Å². The highest BCUT2D eigenvalue weighted by Crippen LogP contribution is 2.24. The Morgan fingerprint density at radius 2 is 1.97 bits per heavy atom. The Kier molecular flexibility index (Phi) is 11.1. The van der Waals surface area contributed by atoms with E-state index in [2.05, 4.69) is 71.6 Å². The summed E-state index contributed by atoms with van der Waals surface area (Å²) in [6.07, 6.45) is 6.26. The molecule has 0 saturated carbocycles. The third-order valence-electron chi connectivity index (χ3n) is 5.59. The van der Waals surface area contributed by atoms with Crippen molar-refractivity contribution in [1.82, 2.24) is 20.5 Å². The highest BCUT2D eigenvalue weighted by atomic mass is 127. The molecule has 1 fully saturated rings. The highest BCUT2D eigenvalue weighted by molar-refractivity contribution is 14.0. The number of benzene rings is 1. The molecule has 7 heteroatoms. The van der Waals surface area contributed by atoms with E-state index in [4.69, 9.17) is 4.99 Å². The van der Waals surface area contributed by atoms with Crippen LogP contribution < -0.4 is 10.6 Å². The molecular formula is C23H36IN5S. The quantitative estimate of drug-likeness (QED) is 0.291. The fraction of sp³-hybridized carbons (Fsp3) is 0.565. The first-order valence-corrected chi connectivity index (χ1v) is 11.8. The number of nitrogens with zero attached hydrogens (tertiary/aromatic N) is 3. The molecule has 0 radical (unpaired) electrons. The summed E-state index contributed by atoms with van der Waals surface area (Å²) >= 11 is 1.81. The fourth-order valence-corrected chi connectivity index (χ4v) is 4.63. The van der Waals surface area contributed by atoms with E-state index in [1.807, 2.05) is 17.5 Å². The van der Waals surface area contributed by atoms with Crippen molar-refractivity contribution in [3.8, 4) is 0 Å². The van der Waals surface area contributed by atoms with Gasteiger partial charge in [-0.15, -0.1) is 35.3 Å². The van der Waals surface area contributed by atoms with Crippen LogP contribution in [0, 0.1) is 0 Å². The van der Waals surface area contributed by atoms with Gasteiger partial charge in [-0.1, -0.05) is 37.3 Å². The standard InChI is InChI=1S/C23H35N5S.HI/c1-4-21-17-26-22(29-21)11-14-25-23(24-5-2)27-20-12-15-28(16-13-20)18(3)19-9-7-6-8-10-19;/h6-10,17-18,20H,4-5,11-16H2,1-3H3,(H2,24,25,27);1H. The van der Waals surface area contributed by atoms with Gasteiger partial charge in [0.15, 0.2) is 5.96 Å². The molecule has 1 aromatic carbocycles. The maximum absolute atomic E-state index is 4.79. The minimum absolute atomic E-state index is 0. The number of piperidine rings is 1. The number of aromatic nitrogens is 1. The van der Waals surface area contributed by atoms with Crippen LogP contribution in [-0.2, 0) is 12.8 Å². The highest BCUT2D eigenvalue weighted by Gasteiger charge is 2.24. The lowest BCUT2D eigenvalue weighted by molar-refractivity contribution is 0.158. The summed E-state index contributed by atoms with van der Waals surface area (Å²) < 4.78 is 0. The van der Waals surface area contributed by atoms with Crippen molar-refractivity contribution in [1.29, 1.82) is 0 Å². The van der Waals surface area contributed by atoms with Gasteiger partial charge in [0.1, 0.15) is 0 Å². The third-order valence-corrected chi connectivity index (χ3v) is 6.79. The van der Waals surface area contributed by atoms with Gasteiger partial charge in [0, 0.05) is 55.8 Å². The Hall–Kier alpha value is -1.19. The van der Waals surface area contributed by atoms with Crippen molar-refractivity contribution in [3.63, 3.8) is 0 Å². The molecule has 1 aliphatic heterocycles. The van der Waals surface area contributed by atoms with E-state index in [0.29, 0.717) is 12.1 Å². The molecule has 0 spiro atoms. The molecule has 2 aromatic rings. The van der Waals surface area contributed by atoms with Crippen LogP contribution in [0.15, 0.2) is 41.5 Å². The molecule has 0 amide bonds. The summed E-state index contributed by atoms with van der Waals surface area (Å²) in [5.74, 6) is 0.939. The number of thiazole rings is 1. The fourth-order valence-electron chi connectivity index (χ4n) is 3.78. The van der Waals surface area contributed by atoms with Crippen LogP contribution in [0.2, 0.25) is 0 Å². The molecule has 30 heavy (non-hydrogen) atoms. The first kappa shape index (κ1) is 25.1. The normalized spacial score (nSPS) is 16.7. The van der Waals surface area contributed by atoms with Crippen LogP contribution in [0.4, 0.5) is 0 Å². The number of aryl methyl sites for hydroxylation is 1. The molecule has 1 aliphatic rings. The molecule has 0 bridgehead atoms. The summed E-state index contributed by atoms with van der Waals surface area (Å²) in [6.45, 7) is 10.5. The number of hydrogen-bond acceptors (Lipinski definition) is 4. The Labute approximate surface area is 202 Å². The summed E-state index contributed by atoms with van der Waals surface area (Å²) in [5, 5.41) is 8.24. The largest absolute Gasteiger partial charge is 0.357 e. The van der Waals surface area contributed by atoms with Gasteiger partial charge in [0.25, 0.3) is 0 Å². The van der Waals surface area contributed by atoms with E-state index in [1.54, 1.807) is 0 Å². The lowest BCUT2D eigenvalue weighted by Crippen LogP contribution is -2.49. The summed E-state index contributed by atoms with van der Waals surface area (Å²) in [6, 6.07) is 11.8. The molecule has 0 aliphatic carbocycles. The lowest BCUT2D eigenvalue weighted by Gasteiger charge is -2.37. The van der Waals surface area contributed by atoms with Crippen LogP contribution >= 0.6 is 35.3 Å². The van der Waals surface area contributed by atoms with Gasteiger partial charge >= 0.3 is 0 Å². The number of aliphatic imine (C=N–C) groups is 1. The predicted octanol–water partition coefficient (Wildman–Crippen LogP) is 4.65. The zero-order valence-corrected chi connectivity index (χ0v) is 21.6. The molecular weight excluding hydrogens is 505 g/mol. The van der Waals surface area contributed by atoms with E-state index in [9.17, 15) is 0 Å². The topological polar surface area (TPSA) is 52.6 Å². The Balaban J connectivity index is 0.00000320. The molecule has 3 rings (SSSR count). The van der Waals surface area contributed by atoms with Gasteiger partial charge in [-0.05, 0) is 38.7 Å². The Morgan fingerprint density at radius 3 is 2.60 bits per heavy atom. The first-order chi connectivity index (χ1) is 14.2. The third kappa shape index (κ3) is 7.50. The van der Waals surface area contributed by atoms with Crippen molar-refractivity contribution in [3.05, 3.63) is 52.0 Å². The van der Waals surface area contributed by atoms with Gasteiger partial charge in [0.05, 0.1) is 5.01 Å². The van der Waals surface area contributed by atoms with E-state index in [-0.39, 0.29) is 24.0 Å². The van der Waals surface area contributed by atoms with Crippen molar-refractivity contribution < 1.29 is 0 Å². The second kappa shape index (κ2) is 13.3. The van der Waals surface area contributed by atoms with Crippen LogP contribution in [-0.4, -0.2) is 48.1 Å². The summed E-state index contributed by atoms with van der Waals surface area (Å²) in [7, 11) is 0. The first-order valence-electron chi connectivity index (χ1n) is 11.0. The SMILES string of the molecule is CCNC(=NCCc1ncc(CC)s1)NC1CCN(C(C)c2ccccc2)CC1.I. The summed E-state index contributed by atoms with van der Waals surface area (Å²) in [5.41, 5.74) is 1.40. The number of hydrogen-bond donors (Lipinski definition) is 2. The predicted molar refractivity (Wildman–Crippen MR) is 139 cm³/mol. The van der Waals surface area contributed by atoms with E-state index in [1.165, 1.54) is 15.4 Å². The zero-order valence-electron chi connectivity index (χ0n) is 18.4. The van der Waals surface area contributed by atoms with Crippen molar-refractivity contribution in [2.75, 3.05) is 26.2 Å². The average molecular weight is 542 g/mol. The molecule has 2 heterocycles. The molecule has 1 aromatic heterocycles. The molecule has 166 valence electrons. The van der Waals surface area contributed by atoms with Crippen LogP contribution in [0.5, 0.6) is 0 Å². The number of guanidine groups is 1. The monoisotopic (exact) mass is 541 g/mol. The second-order valence-corrected chi connectivity index (χ2v) is 8.83. The van der Waals surface area contributed by atoms with Gasteiger partial charge in [-0.3, -0.25) is 9.89 Å². The lowest BCUT2D eigenvalue weighted by atomic mass is 10.0. The Morgan fingerprint density at radius 1 is 1.23 bits per heavy atom. The minimum Gasteiger partial charge on any atom is -0.357 e. The minimum atomic E-state index is 0. The maximum atomic E-state index is 4.79. The zero-order chi connectivity index (χ0) is 20.5. The number of likely N-dealkylation sites (tertiary alicyclic amines) is 1. The van der Waals surface area contributed by atoms with Crippen LogP contribution in [0.1, 0.15) is 55.1 Å². The molecule has 1 saturated heterocycles.